The van der Waals surface area contributed by atoms with Gasteiger partial charge in [-0.1, -0.05) is 35.1 Å². The number of thiazole rings is 1. The molecule has 1 aromatic carbocycles. The van der Waals surface area contributed by atoms with Crippen molar-refractivity contribution in [1.29, 1.82) is 0 Å². The Bertz CT molecular complexity index is 1030. The molecule has 3 N–H and O–H groups in total. The van der Waals surface area contributed by atoms with Crippen LogP contribution in [0, 0.1) is 0 Å². The number of aromatic nitrogens is 2. The normalized spacial score (nSPS) is 12.4. The summed E-state index contributed by atoms with van der Waals surface area (Å²) in [6.07, 6.45) is 6.40. The van der Waals surface area contributed by atoms with Gasteiger partial charge >= 0.3 is 0 Å². The van der Waals surface area contributed by atoms with E-state index < -0.39 is 0 Å². The molecule has 7 heteroatoms. The highest BCUT2D eigenvalue weighted by Gasteiger charge is 2.09. The lowest BCUT2D eigenvalue weighted by molar-refractivity contribution is 0.706. The lowest BCUT2D eigenvalue weighted by Gasteiger charge is -2.10. The Morgan fingerprint density at radius 3 is 2.85 bits per heavy atom. The van der Waals surface area contributed by atoms with Gasteiger partial charge in [0.1, 0.15) is 0 Å². The first-order valence-electron chi connectivity index (χ1n) is 8.21. The lowest BCUT2D eigenvalue weighted by Crippen LogP contribution is -2.30. The Hall–Kier alpha value is -1.99. The Morgan fingerprint density at radius 1 is 1.08 bits per heavy atom. The van der Waals surface area contributed by atoms with E-state index in [-0.39, 0.29) is 6.04 Å². The number of hydrogen-bond donors (Lipinski definition) is 2. The summed E-state index contributed by atoms with van der Waals surface area (Å²) in [5.41, 5.74) is 7.37. The van der Waals surface area contributed by atoms with E-state index in [9.17, 15) is 0 Å². The zero-order valence-corrected chi connectivity index (χ0v) is 16.2. The summed E-state index contributed by atoms with van der Waals surface area (Å²) < 4.78 is 0.802. The quantitative estimate of drug-likeness (QED) is 0.475. The van der Waals surface area contributed by atoms with E-state index in [2.05, 4.69) is 33.5 Å². The van der Waals surface area contributed by atoms with E-state index in [1.165, 1.54) is 10.3 Å². The van der Waals surface area contributed by atoms with Gasteiger partial charge in [0.2, 0.25) is 0 Å². The number of thiophene rings is 1. The fourth-order valence-electron chi connectivity index (χ4n) is 2.74. The summed E-state index contributed by atoms with van der Waals surface area (Å²) in [7, 11) is 0. The predicted molar refractivity (Wildman–Crippen MR) is 112 cm³/mol. The van der Waals surface area contributed by atoms with Crippen molar-refractivity contribution in [3.63, 3.8) is 0 Å². The molecular formula is C19H17ClN4S2. The van der Waals surface area contributed by atoms with E-state index in [1.807, 2.05) is 36.8 Å². The Labute approximate surface area is 164 Å². The number of nitrogens with one attached hydrogen (secondary N) is 1. The molecule has 0 amide bonds. The van der Waals surface area contributed by atoms with Gasteiger partial charge < -0.3 is 11.1 Å². The number of nitrogens with two attached hydrogens (primary N) is 1. The summed E-state index contributed by atoms with van der Waals surface area (Å²) in [5.74, 6) is 0. The van der Waals surface area contributed by atoms with Crippen LogP contribution in [0.2, 0.25) is 4.34 Å². The number of pyridine rings is 1. The van der Waals surface area contributed by atoms with Gasteiger partial charge in [-0.2, -0.15) is 0 Å². The monoisotopic (exact) mass is 400 g/mol. The third-order valence-corrected chi connectivity index (χ3v) is 6.30. The van der Waals surface area contributed by atoms with Gasteiger partial charge in [0, 0.05) is 41.4 Å². The first-order chi connectivity index (χ1) is 12.7. The topological polar surface area (TPSA) is 63.8 Å². The molecule has 3 aromatic heterocycles. The predicted octanol–water partition coefficient (Wildman–Crippen LogP) is 5.06. The Kier molecular flexibility index (Phi) is 5.17. The third-order valence-electron chi connectivity index (χ3n) is 4.04. The second kappa shape index (κ2) is 7.72. The highest BCUT2D eigenvalue weighted by atomic mass is 35.5. The highest BCUT2D eigenvalue weighted by molar-refractivity contribution is 7.18. The summed E-state index contributed by atoms with van der Waals surface area (Å²) in [6.45, 7) is 0.672. The summed E-state index contributed by atoms with van der Waals surface area (Å²) in [6, 6.07) is 12.3. The first-order valence-corrected chi connectivity index (χ1v) is 10.2. The van der Waals surface area contributed by atoms with Crippen molar-refractivity contribution in [2.24, 2.45) is 5.73 Å². The molecule has 0 saturated heterocycles. The van der Waals surface area contributed by atoms with Crippen molar-refractivity contribution in [1.82, 2.24) is 9.97 Å². The van der Waals surface area contributed by atoms with Gasteiger partial charge in [0.05, 0.1) is 9.21 Å². The van der Waals surface area contributed by atoms with Crippen molar-refractivity contribution >= 4 is 50.2 Å². The number of anilines is 1. The Balaban J connectivity index is 1.40. The summed E-state index contributed by atoms with van der Waals surface area (Å²) in [4.78, 5) is 11.0. The zero-order chi connectivity index (χ0) is 17.9. The van der Waals surface area contributed by atoms with Crippen LogP contribution in [-0.4, -0.2) is 22.6 Å². The first kappa shape index (κ1) is 17.4. The van der Waals surface area contributed by atoms with Gasteiger partial charge in [-0.3, -0.25) is 4.98 Å². The largest absolute Gasteiger partial charge is 0.360 e. The molecule has 0 spiro atoms. The second-order valence-corrected chi connectivity index (χ2v) is 8.85. The van der Waals surface area contributed by atoms with E-state index >= 15 is 0 Å². The van der Waals surface area contributed by atoms with E-state index in [0.29, 0.717) is 6.54 Å². The van der Waals surface area contributed by atoms with Crippen LogP contribution in [0.1, 0.15) is 4.88 Å². The van der Waals surface area contributed by atoms with Crippen molar-refractivity contribution in [3.05, 3.63) is 64.2 Å². The molecule has 3 heterocycles. The molecule has 4 aromatic rings. The number of halogens is 1. The van der Waals surface area contributed by atoms with Crippen molar-refractivity contribution in [2.75, 3.05) is 11.9 Å². The molecule has 132 valence electrons. The van der Waals surface area contributed by atoms with Gasteiger partial charge in [-0.05, 0) is 41.6 Å². The number of hydrogen-bond acceptors (Lipinski definition) is 6. The standard InChI is InChI=1S/C19H17ClN4S2/c20-18-4-3-16(25-18)8-15(21)10-23-19-24-11-17(26-19)13-1-2-14-9-22-6-5-12(14)7-13/h1-7,9,11,15H,8,10,21H2,(H,23,24)/t15-/m1/s1. The molecule has 4 nitrogen and oxygen atoms in total. The zero-order valence-electron chi connectivity index (χ0n) is 13.9. The van der Waals surface area contributed by atoms with Crippen LogP contribution in [0.25, 0.3) is 21.2 Å². The van der Waals surface area contributed by atoms with Crippen LogP contribution in [0.4, 0.5) is 5.13 Å². The smallest absolute Gasteiger partial charge is 0.183 e. The van der Waals surface area contributed by atoms with E-state index in [1.54, 1.807) is 22.7 Å². The van der Waals surface area contributed by atoms with E-state index in [0.717, 1.165) is 31.7 Å². The van der Waals surface area contributed by atoms with Gasteiger partial charge in [0.25, 0.3) is 0 Å². The molecule has 0 fully saturated rings. The maximum atomic E-state index is 6.21. The fraction of sp³-hybridized carbons (Fsp3) is 0.158. The Morgan fingerprint density at radius 2 is 2.00 bits per heavy atom. The third kappa shape index (κ3) is 4.04. The highest BCUT2D eigenvalue weighted by Crippen LogP contribution is 2.31. The molecule has 26 heavy (non-hydrogen) atoms. The van der Waals surface area contributed by atoms with Crippen molar-refractivity contribution in [2.45, 2.75) is 12.5 Å². The van der Waals surface area contributed by atoms with Gasteiger partial charge in [-0.25, -0.2) is 4.98 Å². The molecular weight excluding hydrogens is 384 g/mol. The number of rotatable bonds is 6. The maximum Gasteiger partial charge on any atom is 0.183 e. The minimum atomic E-state index is 0.0187. The fourth-order valence-corrected chi connectivity index (χ4v) is 4.74. The van der Waals surface area contributed by atoms with Crippen LogP contribution in [0.3, 0.4) is 0 Å². The average Bonchev–Trinajstić information content (AvgIpc) is 3.28. The minimum Gasteiger partial charge on any atom is -0.360 e. The van der Waals surface area contributed by atoms with Crippen LogP contribution in [0.15, 0.2) is 55.0 Å². The van der Waals surface area contributed by atoms with E-state index in [4.69, 9.17) is 17.3 Å². The molecule has 0 unspecified atom stereocenters. The van der Waals surface area contributed by atoms with Crippen LogP contribution < -0.4 is 11.1 Å². The summed E-state index contributed by atoms with van der Waals surface area (Å²) in [5, 5.41) is 6.54. The number of nitrogens with zero attached hydrogens (tertiary/aromatic N) is 2. The van der Waals surface area contributed by atoms with Crippen molar-refractivity contribution < 1.29 is 0 Å². The van der Waals surface area contributed by atoms with Crippen LogP contribution in [0.5, 0.6) is 0 Å². The molecule has 0 aliphatic rings. The molecule has 0 aliphatic heterocycles. The van der Waals surface area contributed by atoms with Crippen LogP contribution in [-0.2, 0) is 6.42 Å². The average molecular weight is 401 g/mol. The number of benzene rings is 1. The van der Waals surface area contributed by atoms with Crippen LogP contribution >= 0.6 is 34.3 Å². The molecule has 0 bridgehead atoms. The van der Waals surface area contributed by atoms with Gasteiger partial charge in [-0.15, -0.1) is 11.3 Å². The molecule has 1 atom stereocenters. The molecule has 0 saturated carbocycles. The minimum absolute atomic E-state index is 0.0187. The van der Waals surface area contributed by atoms with Gasteiger partial charge in [0.15, 0.2) is 5.13 Å². The molecule has 4 rings (SSSR count). The maximum absolute atomic E-state index is 6.21. The SMILES string of the molecule is N[C@@H](CNc1ncc(-c2ccc3cnccc3c2)s1)Cc1ccc(Cl)s1. The molecule has 0 radical (unpaired) electrons. The van der Waals surface area contributed by atoms with Crippen molar-refractivity contribution in [3.8, 4) is 10.4 Å². The summed E-state index contributed by atoms with van der Waals surface area (Å²) >= 11 is 9.18. The second-order valence-electron chi connectivity index (χ2n) is 6.02. The number of fused-ring (bicyclic) bond motifs is 1. The lowest BCUT2D eigenvalue weighted by atomic mass is 10.1. The molecule has 0 aliphatic carbocycles.